The summed E-state index contributed by atoms with van der Waals surface area (Å²) in [5.41, 5.74) is 1.54. The highest BCUT2D eigenvalue weighted by molar-refractivity contribution is 6.32. The molecular weight excluding hydrogens is 258 g/mol. The van der Waals surface area contributed by atoms with E-state index < -0.39 is 0 Å². The Kier molecular flexibility index (Phi) is 4.68. The van der Waals surface area contributed by atoms with Crippen LogP contribution in [0.3, 0.4) is 0 Å². The maximum absolute atomic E-state index is 9.26. The van der Waals surface area contributed by atoms with E-state index in [4.69, 9.17) is 11.6 Å². The van der Waals surface area contributed by atoms with Gasteiger partial charge in [-0.25, -0.2) is 0 Å². The Balaban J connectivity index is 2.15. The van der Waals surface area contributed by atoms with Crippen molar-refractivity contribution >= 4 is 17.3 Å². The number of hydrogen-bond acceptors (Lipinski definition) is 3. The van der Waals surface area contributed by atoms with Gasteiger partial charge < -0.3 is 9.80 Å². The SMILES string of the molecule is CCN1CCC(N(C)c2cccc(Cl)c2C#N)CC1. The third-order valence-electron chi connectivity index (χ3n) is 4.04. The average Bonchev–Trinajstić information content (AvgIpc) is 2.46. The molecule has 0 aromatic heterocycles. The fourth-order valence-electron chi connectivity index (χ4n) is 2.74. The first-order valence-electron chi connectivity index (χ1n) is 6.81. The molecule has 1 aliphatic heterocycles. The van der Waals surface area contributed by atoms with Gasteiger partial charge in [0, 0.05) is 26.2 Å². The standard InChI is InChI=1S/C15H20ClN3/c1-3-19-9-7-12(8-10-19)18(2)15-6-4-5-14(16)13(15)11-17/h4-6,12H,3,7-10H2,1-2H3. The number of nitrogens with zero attached hydrogens (tertiary/aromatic N) is 3. The minimum Gasteiger partial charge on any atom is -0.370 e. The third kappa shape index (κ3) is 3.02. The van der Waals surface area contributed by atoms with Crippen LogP contribution < -0.4 is 4.90 Å². The Hall–Kier alpha value is -1.24. The fraction of sp³-hybridized carbons (Fsp3) is 0.533. The second kappa shape index (κ2) is 6.27. The lowest BCUT2D eigenvalue weighted by molar-refractivity contribution is 0.221. The second-order valence-corrected chi connectivity index (χ2v) is 5.43. The van der Waals surface area contributed by atoms with Crippen LogP contribution in [0.1, 0.15) is 25.3 Å². The van der Waals surface area contributed by atoms with E-state index in [1.165, 1.54) is 0 Å². The van der Waals surface area contributed by atoms with Gasteiger partial charge >= 0.3 is 0 Å². The van der Waals surface area contributed by atoms with Crippen molar-refractivity contribution in [2.24, 2.45) is 0 Å². The smallest absolute Gasteiger partial charge is 0.103 e. The lowest BCUT2D eigenvalue weighted by atomic mass is 10.0. The molecule has 0 spiro atoms. The molecule has 0 unspecified atom stereocenters. The van der Waals surface area contributed by atoms with Gasteiger partial charge in [0.1, 0.15) is 6.07 Å². The Bertz CT molecular complexity index is 473. The van der Waals surface area contributed by atoms with Gasteiger partial charge in [0.05, 0.1) is 16.3 Å². The molecule has 1 aliphatic rings. The first kappa shape index (κ1) is 14.2. The summed E-state index contributed by atoms with van der Waals surface area (Å²) in [5.74, 6) is 0. The van der Waals surface area contributed by atoms with Gasteiger partial charge in [-0.3, -0.25) is 0 Å². The van der Waals surface area contributed by atoms with E-state index in [1.54, 1.807) is 6.07 Å². The van der Waals surface area contributed by atoms with Gasteiger partial charge in [-0.05, 0) is 31.5 Å². The van der Waals surface area contributed by atoms with E-state index in [-0.39, 0.29) is 0 Å². The Morgan fingerprint density at radius 1 is 1.42 bits per heavy atom. The number of anilines is 1. The molecule has 0 amide bonds. The van der Waals surface area contributed by atoms with Crippen molar-refractivity contribution in [2.75, 3.05) is 31.6 Å². The summed E-state index contributed by atoms with van der Waals surface area (Å²) in [6, 6.07) is 8.38. The van der Waals surface area contributed by atoms with E-state index in [2.05, 4.69) is 29.8 Å². The molecule has 19 heavy (non-hydrogen) atoms. The number of likely N-dealkylation sites (tertiary alicyclic amines) is 1. The summed E-state index contributed by atoms with van der Waals surface area (Å²) in [4.78, 5) is 4.69. The first-order chi connectivity index (χ1) is 9.17. The summed E-state index contributed by atoms with van der Waals surface area (Å²) in [6.07, 6.45) is 2.28. The van der Waals surface area contributed by atoms with Gasteiger partial charge in [-0.15, -0.1) is 0 Å². The Morgan fingerprint density at radius 2 is 2.11 bits per heavy atom. The molecule has 102 valence electrons. The minimum absolute atomic E-state index is 0.494. The predicted octanol–water partition coefficient (Wildman–Crippen LogP) is 3.13. The molecule has 2 rings (SSSR count). The maximum atomic E-state index is 9.26. The van der Waals surface area contributed by atoms with Crippen molar-refractivity contribution in [1.29, 1.82) is 5.26 Å². The summed E-state index contributed by atoms with van der Waals surface area (Å²) >= 11 is 6.10. The van der Waals surface area contributed by atoms with Gasteiger partial charge in [-0.1, -0.05) is 24.6 Å². The van der Waals surface area contributed by atoms with Crippen LogP contribution in [0.15, 0.2) is 18.2 Å². The second-order valence-electron chi connectivity index (χ2n) is 5.02. The van der Waals surface area contributed by atoms with Crippen molar-refractivity contribution < 1.29 is 0 Å². The molecule has 1 heterocycles. The zero-order valence-electron chi connectivity index (χ0n) is 11.6. The highest BCUT2D eigenvalue weighted by Gasteiger charge is 2.23. The van der Waals surface area contributed by atoms with Crippen LogP contribution in [0.2, 0.25) is 5.02 Å². The molecule has 0 N–H and O–H groups in total. The molecule has 0 radical (unpaired) electrons. The number of piperidine rings is 1. The lowest BCUT2D eigenvalue weighted by Crippen LogP contribution is -2.43. The molecule has 1 aromatic carbocycles. The summed E-state index contributed by atoms with van der Waals surface area (Å²) < 4.78 is 0. The number of benzene rings is 1. The van der Waals surface area contributed by atoms with Gasteiger partial charge in [0.25, 0.3) is 0 Å². The maximum Gasteiger partial charge on any atom is 0.103 e. The highest BCUT2D eigenvalue weighted by atomic mass is 35.5. The zero-order valence-corrected chi connectivity index (χ0v) is 12.3. The third-order valence-corrected chi connectivity index (χ3v) is 4.35. The van der Waals surface area contributed by atoms with Crippen LogP contribution in [-0.2, 0) is 0 Å². The average molecular weight is 278 g/mol. The zero-order chi connectivity index (χ0) is 13.8. The Labute approximate surface area is 120 Å². The summed E-state index contributed by atoms with van der Waals surface area (Å²) in [6.45, 7) is 5.59. The number of hydrogen-bond donors (Lipinski definition) is 0. The van der Waals surface area contributed by atoms with Crippen LogP contribution in [-0.4, -0.2) is 37.6 Å². The first-order valence-corrected chi connectivity index (χ1v) is 7.19. The topological polar surface area (TPSA) is 30.3 Å². The molecule has 0 bridgehead atoms. The number of halogens is 1. The van der Waals surface area contributed by atoms with Crippen molar-refractivity contribution in [3.05, 3.63) is 28.8 Å². The molecule has 1 aromatic rings. The van der Waals surface area contributed by atoms with E-state index >= 15 is 0 Å². The lowest BCUT2D eigenvalue weighted by Gasteiger charge is -2.37. The highest BCUT2D eigenvalue weighted by Crippen LogP contribution is 2.29. The molecule has 1 fully saturated rings. The number of rotatable bonds is 3. The predicted molar refractivity (Wildman–Crippen MR) is 79.7 cm³/mol. The molecule has 0 saturated carbocycles. The summed E-state index contributed by atoms with van der Waals surface area (Å²) in [7, 11) is 2.07. The Morgan fingerprint density at radius 3 is 2.68 bits per heavy atom. The van der Waals surface area contributed by atoms with Crippen LogP contribution in [0.4, 0.5) is 5.69 Å². The summed E-state index contributed by atoms with van der Waals surface area (Å²) in [5, 5.41) is 9.80. The van der Waals surface area contributed by atoms with Crippen LogP contribution in [0, 0.1) is 11.3 Å². The molecule has 3 nitrogen and oxygen atoms in total. The van der Waals surface area contributed by atoms with Crippen molar-refractivity contribution in [1.82, 2.24) is 4.90 Å². The van der Waals surface area contributed by atoms with E-state index in [0.717, 1.165) is 38.2 Å². The molecule has 0 atom stereocenters. The molecular formula is C15H20ClN3. The van der Waals surface area contributed by atoms with E-state index in [9.17, 15) is 5.26 Å². The van der Waals surface area contributed by atoms with E-state index in [0.29, 0.717) is 16.6 Å². The van der Waals surface area contributed by atoms with Gasteiger partial charge in [0.15, 0.2) is 0 Å². The largest absolute Gasteiger partial charge is 0.370 e. The van der Waals surface area contributed by atoms with Crippen LogP contribution in [0.5, 0.6) is 0 Å². The van der Waals surface area contributed by atoms with Crippen molar-refractivity contribution in [2.45, 2.75) is 25.8 Å². The van der Waals surface area contributed by atoms with Crippen LogP contribution >= 0.6 is 11.6 Å². The van der Waals surface area contributed by atoms with E-state index in [1.807, 2.05) is 12.1 Å². The quantitative estimate of drug-likeness (QED) is 0.850. The van der Waals surface area contributed by atoms with Crippen LogP contribution in [0.25, 0.3) is 0 Å². The molecule has 4 heteroatoms. The fourth-order valence-corrected chi connectivity index (χ4v) is 2.95. The van der Waals surface area contributed by atoms with Gasteiger partial charge in [0.2, 0.25) is 0 Å². The normalized spacial score (nSPS) is 17.2. The minimum atomic E-state index is 0.494. The molecule has 1 saturated heterocycles. The van der Waals surface area contributed by atoms with Crippen molar-refractivity contribution in [3.8, 4) is 6.07 Å². The monoisotopic (exact) mass is 277 g/mol. The molecule has 0 aliphatic carbocycles. The van der Waals surface area contributed by atoms with Crippen molar-refractivity contribution in [3.63, 3.8) is 0 Å². The number of nitriles is 1. The van der Waals surface area contributed by atoms with Gasteiger partial charge in [-0.2, -0.15) is 5.26 Å².